The van der Waals surface area contributed by atoms with E-state index in [-0.39, 0.29) is 6.04 Å². The van der Waals surface area contributed by atoms with Crippen LogP contribution in [0.1, 0.15) is 32.4 Å². The molecule has 2 nitrogen and oxygen atoms in total. The quantitative estimate of drug-likeness (QED) is 0.827. The van der Waals surface area contributed by atoms with Gasteiger partial charge in [0.15, 0.2) is 0 Å². The van der Waals surface area contributed by atoms with Crippen molar-refractivity contribution in [1.82, 2.24) is 5.32 Å². The summed E-state index contributed by atoms with van der Waals surface area (Å²) in [6.07, 6.45) is 2.22. The average Bonchev–Trinajstić information content (AvgIpc) is 2.27. The fraction of sp³-hybridized carbons (Fsp3) is 0.429. The van der Waals surface area contributed by atoms with Crippen LogP contribution < -0.4 is 10.1 Å². The SMILES string of the molecule is CCNC(C=C(C)C)c1ccc(Br)cc1OC. The van der Waals surface area contributed by atoms with Gasteiger partial charge in [0.1, 0.15) is 5.75 Å². The summed E-state index contributed by atoms with van der Waals surface area (Å²) >= 11 is 3.46. The number of nitrogens with one attached hydrogen (secondary N) is 1. The van der Waals surface area contributed by atoms with Gasteiger partial charge in [-0.2, -0.15) is 0 Å². The predicted molar refractivity (Wildman–Crippen MR) is 76.5 cm³/mol. The molecule has 0 bridgehead atoms. The number of hydrogen-bond acceptors (Lipinski definition) is 2. The van der Waals surface area contributed by atoms with Gasteiger partial charge in [-0.15, -0.1) is 0 Å². The second-order valence-electron chi connectivity index (χ2n) is 4.17. The van der Waals surface area contributed by atoms with Crippen molar-refractivity contribution in [2.24, 2.45) is 0 Å². The van der Waals surface area contributed by atoms with E-state index < -0.39 is 0 Å². The van der Waals surface area contributed by atoms with Crippen molar-refractivity contribution >= 4 is 15.9 Å². The molecule has 0 saturated carbocycles. The number of hydrogen-bond donors (Lipinski definition) is 1. The van der Waals surface area contributed by atoms with Gasteiger partial charge in [-0.3, -0.25) is 0 Å². The highest BCUT2D eigenvalue weighted by atomic mass is 79.9. The van der Waals surface area contributed by atoms with Crippen molar-refractivity contribution < 1.29 is 4.74 Å². The second-order valence-corrected chi connectivity index (χ2v) is 5.08. The summed E-state index contributed by atoms with van der Waals surface area (Å²) in [6.45, 7) is 7.25. The topological polar surface area (TPSA) is 21.3 Å². The lowest BCUT2D eigenvalue weighted by Gasteiger charge is -2.18. The largest absolute Gasteiger partial charge is 0.496 e. The fourth-order valence-corrected chi connectivity index (χ4v) is 2.09. The highest BCUT2D eigenvalue weighted by Gasteiger charge is 2.12. The lowest BCUT2D eigenvalue weighted by atomic mass is 10.0. The van der Waals surface area contributed by atoms with Crippen LogP contribution in [0.5, 0.6) is 5.75 Å². The molecule has 17 heavy (non-hydrogen) atoms. The van der Waals surface area contributed by atoms with Gasteiger partial charge >= 0.3 is 0 Å². The van der Waals surface area contributed by atoms with Crippen LogP contribution in [0.25, 0.3) is 0 Å². The van der Waals surface area contributed by atoms with Crippen LogP contribution in [-0.4, -0.2) is 13.7 Å². The second kappa shape index (κ2) is 6.82. The average molecular weight is 298 g/mol. The summed E-state index contributed by atoms with van der Waals surface area (Å²) in [5, 5.41) is 3.45. The van der Waals surface area contributed by atoms with E-state index >= 15 is 0 Å². The molecule has 1 N–H and O–H groups in total. The lowest BCUT2D eigenvalue weighted by Crippen LogP contribution is -2.19. The first-order valence-electron chi connectivity index (χ1n) is 5.80. The van der Waals surface area contributed by atoms with Gasteiger partial charge < -0.3 is 10.1 Å². The lowest BCUT2D eigenvalue weighted by molar-refractivity contribution is 0.404. The Morgan fingerprint density at radius 2 is 2.18 bits per heavy atom. The number of likely N-dealkylation sites (N-methyl/N-ethyl adjacent to an activating group) is 1. The Morgan fingerprint density at radius 3 is 2.71 bits per heavy atom. The number of ether oxygens (including phenoxy) is 1. The molecular weight excluding hydrogens is 278 g/mol. The normalized spacial score (nSPS) is 12.1. The molecule has 0 amide bonds. The summed E-state index contributed by atoms with van der Waals surface area (Å²) in [5.41, 5.74) is 2.46. The molecule has 0 radical (unpaired) electrons. The molecule has 0 aromatic heterocycles. The zero-order valence-corrected chi connectivity index (χ0v) is 12.5. The molecule has 0 aliphatic heterocycles. The third-order valence-corrected chi connectivity index (χ3v) is 2.95. The summed E-state index contributed by atoms with van der Waals surface area (Å²) in [6, 6.07) is 6.34. The summed E-state index contributed by atoms with van der Waals surface area (Å²) in [7, 11) is 1.71. The zero-order chi connectivity index (χ0) is 12.8. The molecule has 0 aliphatic rings. The monoisotopic (exact) mass is 297 g/mol. The molecule has 0 heterocycles. The van der Waals surface area contributed by atoms with Gasteiger partial charge in [-0.1, -0.05) is 40.6 Å². The highest BCUT2D eigenvalue weighted by Crippen LogP contribution is 2.29. The van der Waals surface area contributed by atoms with Crippen LogP contribution in [-0.2, 0) is 0 Å². The van der Waals surface area contributed by atoms with Gasteiger partial charge in [-0.25, -0.2) is 0 Å². The number of benzene rings is 1. The number of allylic oxidation sites excluding steroid dienone is 1. The highest BCUT2D eigenvalue weighted by molar-refractivity contribution is 9.10. The van der Waals surface area contributed by atoms with E-state index in [4.69, 9.17) is 4.74 Å². The van der Waals surface area contributed by atoms with Crippen LogP contribution in [0.15, 0.2) is 34.3 Å². The minimum atomic E-state index is 0.202. The van der Waals surface area contributed by atoms with E-state index in [2.05, 4.69) is 54.2 Å². The number of halogens is 1. The molecule has 1 rings (SSSR count). The minimum absolute atomic E-state index is 0.202. The Labute approximate surface area is 112 Å². The standard InChI is InChI=1S/C14H20BrNO/c1-5-16-13(8-10(2)3)12-7-6-11(15)9-14(12)17-4/h6-9,13,16H,5H2,1-4H3. The third kappa shape index (κ3) is 4.17. The van der Waals surface area contributed by atoms with Crippen LogP contribution in [0.4, 0.5) is 0 Å². The molecule has 1 atom stereocenters. The predicted octanol–water partition coefficient (Wildman–Crippen LogP) is 4.07. The maximum atomic E-state index is 5.44. The van der Waals surface area contributed by atoms with Crippen molar-refractivity contribution in [2.45, 2.75) is 26.8 Å². The van der Waals surface area contributed by atoms with Crippen molar-refractivity contribution in [2.75, 3.05) is 13.7 Å². The molecular formula is C14H20BrNO. The van der Waals surface area contributed by atoms with Crippen LogP contribution >= 0.6 is 15.9 Å². The number of rotatable bonds is 5. The molecule has 0 fully saturated rings. The minimum Gasteiger partial charge on any atom is -0.496 e. The van der Waals surface area contributed by atoms with Crippen LogP contribution in [0.3, 0.4) is 0 Å². The smallest absolute Gasteiger partial charge is 0.125 e. The molecule has 0 spiro atoms. The van der Waals surface area contributed by atoms with Gasteiger partial charge in [0.2, 0.25) is 0 Å². The summed E-state index contributed by atoms with van der Waals surface area (Å²) in [5.74, 6) is 0.905. The molecule has 1 aromatic rings. The molecule has 1 unspecified atom stereocenters. The van der Waals surface area contributed by atoms with Crippen molar-refractivity contribution in [3.63, 3.8) is 0 Å². The van der Waals surface area contributed by atoms with Crippen LogP contribution in [0.2, 0.25) is 0 Å². The number of methoxy groups -OCH3 is 1. The fourth-order valence-electron chi connectivity index (χ4n) is 1.75. The first kappa shape index (κ1) is 14.3. The maximum absolute atomic E-state index is 5.44. The third-order valence-electron chi connectivity index (χ3n) is 2.45. The molecule has 3 heteroatoms. The van der Waals surface area contributed by atoms with Gasteiger partial charge in [0, 0.05) is 10.0 Å². The van der Waals surface area contributed by atoms with E-state index in [9.17, 15) is 0 Å². The summed E-state index contributed by atoms with van der Waals surface area (Å²) < 4.78 is 6.47. The van der Waals surface area contributed by atoms with E-state index in [0.29, 0.717) is 0 Å². The Bertz CT molecular complexity index is 397. The Hall–Kier alpha value is -0.800. The van der Waals surface area contributed by atoms with E-state index in [1.165, 1.54) is 11.1 Å². The van der Waals surface area contributed by atoms with Gasteiger partial charge in [-0.05, 0) is 32.5 Å². The van der Waals surface area contributed by atoms with Gasteiger partial charge in [0.05, 0.1) is 13.2 Å². The molecule has 1 aromatic carbocycles. The Morgan fingerprint density at radius 1 is 1.47 bits per heavy atom. The van der Waals surface area contributed by atoms with E-state index in [1.54, 1.807) is 7.11 Å². The van der Waals surface area contributed by atoms with Crippen LogP contribution in [0, 0.1) is 0 Å². The zero-order valence-electron chi connectivity index (χ0n) is 10.9. The van der Waals surface area contributed by atoms with Gasteiger partial charge in [0.25, 0.3) is 0 Å². The van der Waals surface area contributed by atoms with Crippen molar-refractivity contribution in [3.8, 4) is 5.75 Å². The first-order chi connectivity index (χ1) is 8.08. The van der Waals surface area contributed by atoms with E-state index in [0.717, 1.165) is 16.8 Å². The Kier molecular flexibility index (Phi) is 5.72. The maximum Gasteiger partial charge on any atom is 0.125 e. The molecule has 0 saturated heterocycles. The molecule has 94 valence electrons. The van der Waals surface area contributed by atoms with Crippen molar-refractivity contribution in [1.29, 1.82) is 0 Å². The van der Waals surface area contributed by atoms with E-state index in [1.807, 2.05) is 12.1 Å². The molecule has 0 aliphatic carbocycles. The summed E-state index contributed by atoms with van der Waals surface area (Å²) in [4.78, 5) is 0. The van der Waals surface area contributed by atoms with Crippen molar-refractivity contribution in [3.05, 3.63) is 39.9 Å². The first-order valence-corrected chi connectivity index (χ1v) is 6.59. The Balaban J connectivity index is 3.13.